The standard InChI is InChI=1S/C12H20N6O/c13-10-15-11(14-9-3-1-2-4-9)17-12(16-10)18-5-7-19-8-6-18/h9H,1-8H2,(H3,13,14,15,16,17). The summed E-state index contributed by atoms with van der Waals surface area (Å²) in [7, 11) is 0. The zero-order valence-corrected chi connectivity index (χ0v) is 11.0. The molecule has 104 valence electrons. The van der Waals surface area contributed by atoms with Crippen molar-refractivity contribution in [1.29, 1.82) is 0 Å². The maximum Gasteiger partial charge on any atom is 0.232 e. The van der Waals surface area contributed by atoms with Gasteiger partial charge in [-0.25, -0.2) is 0 Å². The van der Waals surface area contributed by atoms with E-state index >= 15 is 0 Å². The SMILES string of the molecule is Nc1nc(NC2CCCC2)nc(N2CCOCC2)n1. The lowest BCUT2D eigenvalue weighted by Gasteiger charge is -2.27. The molecule has 1 aliphatic heterocycles. The lowest BCUT2D eigenvalue weighted by Crippen LogP contribution is -2.37. The summed E-state index contributed by atoms with van der Waals surface area (Å²) in [5.74, 6) is 1.52. The molecule has 0 unspecified atom stereocenters. The zero-order valence-electron chi connectivity index (χ0n) is 11.0. The number of hydrogen-bond donors (Lipinski definition) is 2. The van der Waals surface area contributed by atoms with E-state index in [2.05, 4.69) is 25.2 Å². The van der Waals surface area contributed by atoms with Crippen LogP contribution >= 0.6 is 0 Å². The summed E-state index contributed by atoms with van der Waals surface area (Å²) >= 11 is 0. The summed E-state index contributed by atoms with van der Waals surface area (Å²) in [4.78, 5) is 15.0. The highest BCUT2D eigenvalue weighted by Crippen LogP contribution is 2.22. The minimum Gasteiger partial charge on any atom is -0.378 e. The van der Waals surface area contributed by atoms with Gasteiger partial charge >= 0.3 is 0 Å². The molecule has 1 saturated carbocycles. The molecule has 0 aromatic carbocycles. The molecule has 2 heterocycles. The van der Waals surface area contributed by atoms with E-state index in [0.717, 1.165) is 13.1 Å². The molecular weight excluding hydrogens is 244 g/mol. The molecule has 3 rings (SSSR count). The summed E-state index contributed by atoms with van der Waals surface area (Å²) in [6.07, 6.45) is 4.90. The van der Waals surface area contributed by atoms with Crippen LogP contribution in [0.2, 0.25) is 0 Å². The normalized spacial score (nSPS) is 20.7. The zero-order chi connectivity index (χ0) is 13.1. The third-order valence-corrected chi connectivity index (χ3v) is 3.62. The predicted molar refractivity (Wildman–Crippen MR) is 73.2 cm³/mol. The van der Waals surface area contributed by atoms with E-state index in [1.54, 1.807) is 0 Å². The number of nitrogens with two attached hydrogens (primary N) is 1. The van der Waals surface area contributed by atoms with E-state index in [-0.39, 0.29) is 5.95 Å². The Kier molecular flexibility index (Phi) is 3.63. The molecule has 0 spiro atoms. The number of morpholine rings is 1. The lowest BCUT2D eigenvalue weighted by atomic mass is 10.3. The summed E-state index contributed by atoms with van der Waals surface area (Å²) in [6, 6.07) is 0.472. The Balaban J connectivity index is 1.74. The molecule has 2 aliphatic rings. The number of nitrogens with zero attached hydrogens (tertiary/aromatic N) is 4. The van der Waals surface area contributed by atoms with Crippen LogP contribution in [0.4, 0.5) is 17.8 Å². The quantitative estimate of drug-likeness (QED) is 0.828. The molecular formula is C12H20N6O. The van der Waals surface area contributed by atoms with Gasteiger partial charge in [0, 0.05) is 19.1 Å². The van der Waals surface area contributed by atoms with Gasteiger partial charge in [-0.3, -0.25) is 0 Å². The molecule has 3 N–H and O–H groups in total. The van der Waals surface area contributed by atoms with Gasteiger partial charge in [0.2, 0.25) is 17.8 Å². The van der Waals surface area contributed by atoms with Crippen LogP contribution in [-0.2, 0) is 4.74 Å². The number of rotatable bonds is 3. The maximum atomic E-state index is 5.78. The Bertz CT molecular complexity index is 428. The molecule has 0 bridgehead atoms. The first kappa shape index (κ1) is 12.4. The van der Waals surface area contributed by atoms with Crippen molar-refractivity contribution in [3.63, 3.8) is 0 Å². The Morgan fingerprint density at radius 1 is 1.11 bits per heavy atom. The van der Waals surface area contributed by atoms with Gasteiger partial charge in [-0.2, -0.15) is 15.0 Å². The van der Waals surface area contributed by atoms with Crippen LogP contribution in [0.5, 0.6) is 0 Å². The largest absolute Gasteiger partial charge is 0.378 e. The minimum atomic E-state index is 0.275. The van der Waals surface area contributed by atoms with Gasteiger partial charge in [0.25, 0.3) is 0 Å². The Morgan fingerprint density at radius 2 is 1.84 bits per heavy atom. The monoisotopic (exact) mass is 264 g/mol. The second kappa shape index (κ2) is 5.56. The summed E-state index contributed by atoms with van der Waals surface area (Å²) in [5.41, 5.74) is 5.78. The van der Waals surface area contributed by atoms with Gasteiger partial charge in [0.05, 0.1) is 13.2 Å². The van der Waals surface area contributed by atoms with E-state index < -0.39 is 0 Å². The molecule has 0 amide bonds. The Labute approximate surface area is 112 Å². The summed E-state index contributed by atoms with van der Waals surface area (Å²) in [5, 5.41) is 3.36. The Hall–Kier alpha value is -1.63. The van der Waals surface area contributed by atoms with Crippen LogP contribution in [0, 0.1) is 0 Å². The van der Waals surface area contributed by atoms with Crippen LogP contribution in [0.3, 0.4) is 0 Å². The Morgan fingerprint density at radius 3 is 2.58 bits per heavy atom. The molecule has 1 saturated heterocycles. The van der Waals surface area contributed by atoms with Crippen LogP contribution in [0.1, 0.15) is 25.7 Å². The van der Waals surface area contributed by atoms with Gasteiger partial charge in [-0.05, 0) is 12.8 Å². The van der Waals surface area contributed by atoms with Crippen molar-refractivity contribution in [2.24, 2.45) is 0 Å². The van der Waals surface area contributed by atoms with Gasteiger partial charge in [-0.1, -0.05) is 12.8 Å². The molecule has 1 aromatic rings. The first-order valence-electron chi connectivity index (χ1n) is 6.92. The number of nitrogens with one attached hydrogen (secondary N) is 1. The third-order valence-electron chi connectivity index (χ3n) is 3.62. The molecule has 0 atom stereocenters. The van der Waals surface area contributed by atoms with Crippen molar-refractivity contribution in [2.45, 2.75) is 31.7 Å². The highest BCUT2D eigenvalue weighted by Gasteiger charge is 2.19. The summed E-state index contributed by atoms with van der Waals surface area (Å²) in [6.45, 7) is 3.01. The van der Waals surface area contributed by atoms with Gasteiger partial charge in [-0.15, -0.1) is 0 Å². The average molecular weight is 264 g/mol. The number of hydrogen-bond acceptors (Lipinski definition) is 7. The van der Waals surface area contributed by atoms with Crippen molar-refractivity contribution in [3.05, 3.63) is 0 Å². The molecule has 1 aromatic heterocycles. The van der Waals surface area contributed by atoms with Crippen LogP contribution in [0.25, 0.3) is 0 Å². The number of aromatic nitrogens is 3. The average Bonchev–Trinajstić information content (AvgIpc) is 2.92. The fraction of sp³-hybridized carbons (Fsp3) is 0.750. The highest BCUT2D eigenvalue weighted by molar-refractivity contribution is 5.42. The van der Waals surface area contributed by atoms with E-state index in [9.17, 15) is 0 Å². The number of nitrogen functional groups attached to an aromatic ring is 1. The van der Waals surface area contributed by atoms with Crippen molar-refractivity contribution in [1.82, 2.24) is 15.0 Å². The van der Waals surface area contributed by atoms with Crippen LogP contribution < -0.4 is 16.0 Å². The van der Waals surface area contributed by atoms with Crippen LogP contribution in [0.15, 0.2) is 0 Å². The van der Waals surface area contributed by atoms with Crippen molar-refractivity contribution < 1.29 is 4.74 Å². The lowest BCUT2D eigenvalue weighted by molar-refractivity contribution is 0.122. The molecule has 0 radical (unpaired) electrons. The van der Waals surface area contributed by atoms with E-state index in [4.69, 9.17) is 10.5 Å². The number of anilines is 3. The summed E-state index contributed by atoms with van der Waals surface area (Å²) < 4.78 is 5.33. The van der Waals surface area contributed by atoms with Crippen molar-refractivity contribution in [3.8, 4) is 0 Å². The van der Waals surface area contributed by atoms with E-state index in [1.807, 2.05) is 0 Å². The number of ether oxygens (including phenoxy) is 1. The molecule has 7 heteroatoms. The van der Waals surface area contributed by atoms with Gasteiger partial charge in [0.1, 0.15) is 0 Å². The second-order valence-corrected chi connectivity index (χ2v) is 5.04. The first-order valence-corrected chi connectivity index (χ1v) is 6.92. The second-order valence-electron chi connectivity index (χ2n) is 5.04. The predicted octanol–water partition coefficient (Wildman–Crippen LogP) is 0.645. The topological polar surface area (TPSA) is 89.2 Å². The fourth-order valence-electron chi connectivity index (χ4n) is 2.60. The van der Waals surface area contributed by atoms with Gasteiger partial charge < -0.3 is 20.7 Å². The third kappa shape index (κ3) is 3.04. The smallest absolute Gasteiger partial charge is 0.232 e. The van der Waals surface area contributed by atoms with Crippen molar-refractivity contribution in [2.75, 3.05) is 42.3 Å². The maximum absolute atomic E-state index is 5.78. The first-order chi connectivity index (χ1) is 9.31. The van der Waals surface area contributed by atoms with E-state index in [1.165, 1.54) is 25.7 Å². The fourth-order valence-corrected chi connectivity index (χ4v) is 2.60. The molecule has 2 fully saturated rings. The highest BCUT2D eigenvalue weighted by atomic mass is 16.5. The van der Waals surface area contributed by atoms with Crippen molar-refractivity contribution >= 4 is 17.8 Å². The minimum absolute atomic E-state index is 0.275. The van der Waals surface area contributed by atoms with Gasteiger partial charge in [0.15, 0.2) is 0 Å². The van der Waals surface area contributed by atoms with E-state index in [0.29, 0.717) is 31.2 Å². The van der Waals surface area contributed by atoms with Crippen LogP contribution in [-0.4, -0.2) is 47.3 Å². The molecule has 7 nitrogen and oxygen atoms in total. The molecule has 19 heavy (non-hydrogen) atoms. The molecule has 1 aliphatic carbocycles.